The number of aliphatic hydroxyl groups excluding tert-OH is 1. The number of aryl methyl sites for hydroxylation is 2. The molecule has 13 unspecified atom stereocenters. The number of hydrogen-bond donors (Lipinski definition) is 2. The molecule has 14 aliphatic rings. The van der Waals surface area contributed by atoms with Crippen LogP contribution in [0.5, 0.6) is 0 Å². The van der Waals surface area contributed by atoms with Crippen LogP contribution in [0.4, 0.5) is 0 Å². The number of piperidine rings is 2. The van der Waals surface area contributed by atoms with Crippen LogP contribution in [0.3, 0.4) is 0 Å². The summed E-state index contributed by atoms with van der Waals surface area (Å²) in [6.07, 6.45) is 15.7. The van der Waals surface area contributed by atoms with Crippen molar-refractivity contribution in [3.63, 3.8) is 0 Å². The SMILES string of the molecule is CCCC1CC(O)=C2OC(=O)C34C5=C6CCC23C2(OC(=O)c3c(CCCN)cccc32)C4CCCCc2cccc(c2)CC(C5)C2C(C)CC3=C(C62)N2CC4CC(CN1C4)C2CC3. The Morgan fingerprint density at radius 2 is 1.81 bits per heavy atom. The Morgan fingerprint density at radius 3 is 2.68 bits per heavy atom. The maximum atomic E-state index is 16.1. The van der Waals surface area contributed by atoms with Crippen LogP contribution < -0.4 is 5.73 Å². The van der Waals surface area contributed by atoms with Gasteiger partial charge in [0.05, 0.1) is 11.0 Å². The van der Waals surface area contributed by atoms with E-state index < -0.39 is 16.4 Å². The van der Waals surface area contributed by atoms with Crippen LogP contribution in [-0.2, 0) is 39.1 Å². The zero-order valence-corrected chi connectivity index (χ0v) is 37.6. The summed E-state index contributed by atoms with van der Waals surface area (Å²) in [6.45, 7) is 8.59. The molecular formula is C55H67N3O5. The molecule has 0 amide bonds. The van der Waals surface area contributed by atoms with Gasteiger partial charge in [-0.05, 0) is 143 Å². The lowest BCUT2D eigenvalue weighted by atomic mass is 9.28. The van der Waals surface area contributed by atoms with Crippen LogP contribution in [0, 0.1) is 52.3 Å². The number of ether oxygens (including phenoxy) is 2. The van der Waals surface area contributed by atoms with Gasteiger partial charge in [-0.2, -0.15) is 0 Å². The molecule has 0 radical (unpaired) electrons. The van der Waals surface area contributed by atoms with E-state index in [-0.39, 0.29) is 35.6 Å². The Kier molecular flexibility index (Phi) is 8.81. The molecule has 5 aliphatic carbocycles. The van der Waals surface area contributed by atoms with Crippen molar-refractivity contribution >= 4 is 11.9 Å². The number of carbonyl (C=O) groups is 2. The number of hydrogen-bond acceptors (Lipinski definition) is 8. The highest BCUT2D eigenvalue weighted by atomic mass is 16.6. The Hall–Kier alpha value is -3.88. The number of carbonyl (C=O) groups excluding carboxylic acids is 2. The topological polar surface area (TPSA) is 105 Å². The third-order valence-electron chi connectivity index (χ3n) is 19.7. The van der Waals surface area contributed by atoms with Gasteiger partial charge >= 0.3 is 11.9 Å². The Bertz CT molecular complexity index is 2420. The number of esters is 2. The van der Waals surface area contributed by atoms with Crippen molar-refractivity contribution in [2.24, 2.45) is 58.0 Å². The summed E-state index contributed by atoms with van der Waals surface area (Å²) in [5, 5.41) is 13.1. The van der Waals surface area contributed by atoms with Crippen LogP contribution in [0.15, 0.2) is 76.4 Å². The molecule has 3 saturated heterocycles. The van der Waals surface area contributed by atoms with Crippen molar-refractivity contribution in [2.45, 2.75) is 141 Å². The van der Waals surface area contributed by atoms with Crippen molar-refractivity contribution in [2.75, 3.05) is 26.2 Å². The van der Waals surface area contributed by atoms with E-state index in [2.05, 4.69) is 66.1 Å². The summed E-state index contributed by atoms with van der Waals surface area (Å²) in [4.78, 5) is 36.7. The van der Waals surface area contributed by atoms with Crippen LogP contribution >= 0.6 is 0 Å². The molecule has 4 fully saturated rings. The van der Waals surface area contributed by atoms with Crippen LogP contribution in [-0.4, -0.2) is 65.1 Å². The van der Waals surface area contributed by atoms with Gasteiger partial charge in [-0.15, -0.1) is 0 Å². The molecular weight excluding hydrogens is 783 g/mol. The van der Waals surface area contributed by atoms with Gasteiger partial charge in [0.1, 0.15) is 11.2 Å². The normalized spacial score (nSPS) is 41.5. The molecule has 8 heteroatoms. The van der Waals surface area contributed by atoms with E-state index in [1.807, 2.05) is 0 Å². The number of nitrogens with two attached hydrogens (primary N) is 1. The third-order valence-corrected chi connectivity index (χ3v) is 19.7. The van der Waals surface area contributed by atoms with Gasteiger partial charge in [-0.1, -0.05) is 85.9 Å². The lowest BCUT2D eigenvalue weighted by molar-refractivity contribution is -0.279. The van der Waals surface area contributed by atoms with E-state index in [4.69, 9.17) is 15.2 Å². The highest BCUT2D eigenvalue weighted by Gasteiger charge is 2.93. The molecule has 9 heterocycles. The third kappa shape index (κ3) is 4.96. The predicted molar refractivity (Wildman–Crippen MR) is 241 cm³/mol. The molecule has 63 heavy (non-hydrogen) atoms. The fourth-order valence-electron chi connectivity index (χ4n) is 18.0. The first-order valence-corrected chi connectivity index (χ1v) is 25.5. The molecule has 15 bridgehead atoms. The monoisotopic (exact) mass is 850 g/mol. The number of rotatable bonds is 5. The number of benzene rings is 2. The van der Waals surface area contributed by atoms with Gasteiger partial charge < -0.3 is 25.2 Å². The largest absolute Gasteiger partial charge is 0.509 e. The molecule has 2 aromatic rings. The van der Waals surface area contributed by atoms with E-state index in [0.29, 0.717) is 72.8 Å². The fraction of sp³-hybridized carbons (Fsp3) is 0.636. The van der Waals surface area contributed by atoms with Gasteiger partial charge in [-0.3, -0.25) is 9.69 Å². The van der Waals surface area contributed by atoms with Gasteiger partial charge in [0.15, 0.2) is 11.4 Å². The van der Waals surface area contributed by atoms with Crippen molar-refractivity contribution in [3.8, 4) is 0 Å². The molecule has 332 valence electrons. The summed E-state index contributed by atoms with van der Waals surface area (Å²) in [5.74, 6) is 2.69. The van der Waals surface area contributed by atoms with E-state index in [1.165, 1.54) is 48.0 Å². The molecule has 0 aromatic heterocycles. The van der Waals surface area contributed by atoms with E-state index in [0.717, 1.165) is 95.0 Å². The van der Waals surface area contributed by atoms with Crippen LogP contribution in [0.1, 0.15) is 136 Å². The lowest BCUT2D eigenvalue weighted by Crippen LogP contribution is -2.77. The number of aliphatic hydroxyl groups is 1. The lowest BCUT2D eigenvalue weighted by Gasteiger charge is -2.72. The minimum absolute atomic E-state index is 0.138. The van der Waals surface area contributed by atoms with Crippen molar-refractivity contribution in [3.05, 3.63) is 104 Å². The predicted octanol–water partition coefficient (Wildman–Crippen LogP) is 9.47. The zero-order valence-electron chi connectivity index (χ0n) is 37.6. The zero-order chi connectivity index (χ0) is 42.6. The second kappa shape index (κ2) is 14.1. The fourth-order valence-corrected chi connectivity index (χ4v) is 18.0. The highest BCUT2D eigenvalue weighted by Crippen LogP contribution is 2.87. The van der Waals surface area contributed by atoms with E-state index in [9.17, 15) is 9.90 Å². The Morgan fingerprint density at radius 1 is 0.937 bits per heavy atom. The summed E-state index contributed by atoms with van der Waals surface area (Å²) >= 11 is 0. The Labute approximate surface area is 373 Å². The molecule has 16 rings (SSSR count). The molecule has 13 atom stereocenters. The Balaban J connectivity index is 1.12. The smallest absolute Gasteiger partial charge is 0.339 e. The summed E-state index contributed by atoms with van der Waals surface area (Å²) in [5.41, 5.74) is 14.4. The van der Waals surface area contributed by atoms with Gasteiger partial charge in [0, 0.05) is 61.2 Å². The molecule has 8 nitrogen and oxygen atoms in total. The van der Waals surface area contributed by atoms with Crippen molar-refractivity contribution in [1.82, 2.24) is 9.80 Å². The summed E-state index contributed by atoms with van der Waals surface area (Å²) in [6, 6.07) is 16.4. The molecule has 1 saturated carbocycles. The summed E-state index contributed by atoms with van der Waals surface area (Å²) < 4.78 is 14.2. The maximum Gasteiger partial charge on any atom is 0.339 e. The second-order valence-electron chi connectivity index (χ2n) is 22.5. The number of allylic oxidation sites excluding steroid dienone is 2. The maximum absolute atomic E-state index is 16.1. The van der Waals surface area contributed by atoms with Gasteiger partial charge in [0.2, 0.25) is 0 Å². The van der Waals surface area contributed by atoms with E-state index >= 15 is 4.79 Å². The molecule has 9 aliphatic heterocycles. The average Bonchev–Trinajstić information content (AvgIpc) is 3.73. The average molecular weight is 850 g/mol. The summed E-state index contributed by atoms with van der Waals surface area (Å²) in [7, 11) is 0. The first-order valence-electron chi connectivity index (χ1n) is 25.5. The number of nitrogens with zero attached hydrogens (tertiary/aromatic N) is 2. The van der Waals surface area contributed by atoms with Crippen molar-refractivity contribution < 1.29 is 24.2 Å². The van der Waals surface area contributed by atoms with Gasteiger partial charge in [0.25, 0.3) is 0 Å². The molecule has 2 aromatic carbocycles. The van der Waals surface area contributed by atoms with Crippen LogP contribution in [0.2, 0.25) is 0 Å². The quantitative estimate of drug-likeness (QED) is 0.227. The van der Waals surface area contributed by atoms with Gasteiger partial charge in [-0.25, -0.2) is 4.79 Å². The molecule has 3 spiro atoms. The highest BCUT2D eigenvalue weighted by molar-refractivity contribution is 6.00. The number of fused-ring (bicyclic) bond motifs is 7. The minimum atomic E-state index is -1.13. The van der Waals surface area contributed by atoms with Crippen LogP contribution in [0.25, 0.3) is 0 Å². The van der Waals surface area contributed by atoms with Crippen molar-refractivity contribution in [1.29, 1.82) is 0 Å². The standard InChI is InChI=1S/C55H67N3O5/c1-3-9-39-27-44(59)50-53-20-19-40-42-26-37(46-31(2)22-36-17-18-43-38-25-34(28-57(39)30-38)29-58(43)49(36)48(40)46)24-33-12-6-11-32(23-33)10-4-5-16-45(54(42,53)52(61)62-50)55(53)41-15-7-13-35(14-8-21-56)47(41)51(60)63-55/h6-7,11-13,15,23,31,34,37-39,43,45-46,48,59H,3-5,8-10,14,16-22,24-30,56H2,1-2H3. The first-order chi connectivity index (χ1) is 30.7. The first kappa shape index (κ1) is 39.5. The minimum Gasteiger partial charge on any atom is -0.509 e. The van der Waals surface area contributed by atoms with E-state index in [1.54, 1.807) is 11.3 Å². The second-order valence-corrected chi connectivity index (χ2v) is 22.5. The molecule has 3 N–H and O–H groups in total.